The molecule has 0 aromatic carbocycles. The summed E-state index contributed by atoms with van der Waals surface area (Å²) in [7, 11) is 0. The number of hydrogen-bond donors (Lipinski definition) is 0. The van der Waals surface area contributed by atoms with Crippen molar-refractivity contribution in [3.8, 4) is 0 Å². The van der Waals surface area contributed by atoms with E-state index in [4.69, 9.17) is 9.97 Å². The third-order valence-electron chi connectivity index (χ3n) is 10.1. The molecule has 10 heteroatoms. The van der Waals surface area contributed by atoms with Gasteiger partial charge in [0.2, 0.25) is 10.3 Å². The Labute approximate surface area is 251 Å². The Bertz CT molecular complexity index is 1560. The van der Waals surface area contributed by atoms with Crippen molar-refractivity contribution in [3.05, 3.63) is 33.3 Å². The summed E-state index contributed by atoms with van der Waals surface area (Å²) in [5, 5.41) is 0.911. The van der Waals surface area contributed by atoms with Crippen LogP contribution in [0, 0.1) is 23.7 Å². The molecule has 2 aromatic heterocycles. The van der Waals surface area contributed by atoms with Crippen LogP contribution in [0.5, 0.6) is 0 Å². The largest absolute Gasteiger partial charge is 0.292 e. The lowest BCUT2D eigenvalue weighted by Gasteiger charge is -2.30. The molecule has 0 bridgehead atoms. The highest BCUT2D eigenvalue weighted by atomic mass is 32.1. The van der Waals surface area contributed by atoms with Gasteiger partial charge in [-0.1, -0.05) is 60.5 Å². The van der Waals surface area contributed by atoms with E-state index in [0.29, 0.717) is 10.3 Å². The SMILES string of the molecule is CC1=CC2c3sc(N=C4C(=O)C5CCCCC5C4=O)nc3C(C)=CC2c2sc(N=C3C(=O)C4CCCCC4C3=O)nc21. The van der Waals surface area contributed by atoms with E-state index in [1.54, 1.807) is 0 Å². The number of ketones is 4. The lowest BCUT2D eigenvalue weighted by atomic mass is 9.77. The van der Waals surface area contributed by atoms with Crippen LogP contribution >= 0.6 is 22.7 Å². The predicted molar refractivity (Wildman–Crippen MR) is 162 cm³/mol. The number of carbonyl (C=O) groups is 4. The Morgan fingerprint density at radius 1 is 0.595 bits per heavy atom. The number of allylic oxidation sites excluding steroid dienone is 4. The van der Waals surface area contributed by atoms with Crippen molar-refractivity contribution < 1.29 is 19.2 Å². The summed E-state index contributed by atoms with van der Waals surface area (Å²) < 4.78 is 0. The summed E-state index contributed by atoms with van der Waals surface area (Å²) in [4.78, 5) is 73.1. The first-order valence-corrected chi connectivity index (χ1v) is 16.7. The van der Waals surface area contributed by atoms with Gasteiger partial charge in [-0.15, -0.1) is 0 Å². The van der Waals surface area contributed by atoms with Crippen molar-refractivity contribution in [2.75, 3.05) is 0 Å². The minimum atomic E-state index is -0.212. The molecule has 6 atom stereocenters. The second kappa shape index (κ2) is 9.64. The van der Waals surface area contributed by atoms with Gasteiger partial charge in [-0.05, 0) is 50.7 Å². The molecule has 8 nitrogen and oxygen atoms in total. The van der Waals surface area contributed by atoms with Crippen LogP contribution in [0.2, 0.25) is 0 Å². The van der Waals surface area contributed by atoms with Crippen molar-refractivity contribution in [1.29, 1.82) is 0 Å². The van der Waals surface area contributed by atoms with Gasteiger partial charge in [0.15, 0.2) is 34.6 Å². The van der Waals surface area contributed by atoms with Gasteiger partial charge in [0, 0.05) is 45.3 Å². The first-order chi connectivity index (χ1) is 20.3. The quantitative estimate of drug-likeness (QED) is 0.397. The monoisotopic (exact) mass is 598 g/mol. The maximum absolute atomic E-state index is 13.1. The van der Waals surface area contributed by atoms with Gasteiger partial charge in [0.05, 0.1) is 11.4 Å². The number of Topliss-reactive ketones (excluding diaryl/α,β-unsaturated/α-hetero) is 4. The number of nitrogens with zero attached hydrogens (tertiary/aromatic N) is 4. The van der Waals surface area contributed by atoms with Crippen molar-refractivity contribution in [3.63, 3.8) is 0 Å². The molecule has 214 valence electrons. The number of rotatable bonds is 2. The van der Waals surface area contributed by atoms with E-state index in [1.165, 1.54) is 22.7 Å². The van der Waals surface area contributed by atoms with Gasteiger partial charge in [-0.2, -0.15) is 0 Å². The third-order valence-corrected chi connectivity index (χ3v) is 12.2. The Hall–Kier alpha value is -3.24. The van der Waals surface area contributed by atoms with Crippen molar-refractivity contribution in [2.24, 2.45) is 33.7 Å². The number of aliphatic imine (C=N–C) groups is 2. The van der Waals surface area contributed by atoms with Crippen LogP contribution in [0.3, 0.4) is 0 Å². The first kappa shape index (κ1) is 26.4. The molecule has 0 radical (unpaired) electrons. The summed E-state index contributed by atoms with van der Waals surface area (Å²) in [5.74, 6) is -1.27. The van der Waals surface area contributed by atoms with Crippen LogP contribution < -0.4 is 0 Å². The van der Waals surface area contributed by atoms with Crippen molar-refractivity contribution >= 4 is 78.6 Å². The van der Waals surface area contributed by atoms with E-state index < -0.39 is 0 Å². The topological polar surface area (TPSA) is 119 Å². The minimum Gasteiger partial charge on any atom is -0.292 e. The van der Waals surface area contributed by atoms with Crippen LogP contribution in [0.1, 0.15) is 98.2 Å². The molecule has 6 aliphatic carbocycles. The molecular weight excluding hydrogens is 569 g/mol. The Kier molecular flexibility index (Phi) is 6.06. The molecule has 6 aliphatic rings. The average Bonchev–Trinajstić information content (AvgIpc) is 3.73. The van der Waals surface area contributed by atoms with Crippen LogP contribution in [0.15, 0.2) is 22.1 Å². The highest BCUT2D eigenvalue weighted by Gasteiger charge is 2.49. The van der Waals surface area contributed by atoms with E-state index >= 15 is 0 Å². The van der Waals surface area contributed by atoms with E-state index in [2.05, 4.69) is 22.1 Å². The summed E-state index contributed by atoms with van der Waals surface area (Å²) >= 11 is 2.90. The number of fused-ring (bicyclic) bond motifs is 7. The molecule has 4 saturated carbocycles. The normalized spacial score (nSPS) is 31.7. The van der Waals surface area contributed by atoms with Crippen LogP contribution in [-0.2, 0) is 19.2 Å². The molecule has 0 amide bonds. The smallest absolute Gasteiger partial charge is 0.210 e. The molecule has 4 fully saturated rings. The van der Waals surface area contributed by atoms with E-state index in [0.717, 1.165) is 83.7 Å². The number of carbonyl (C=O) groups excluding carboxylic acids is 4. The molecular formula is C32H30N4O4S2. The molecule has 6 unspecified atom stereocenters. The number of hydrogen-bond acceptors (Lipinski definition) is 10. The first-order valence-electron chi connectivity index (χ1n) is 15.0. The van der Waals surface area contributed by atoms with Gasteiger partial charge in [0.1, 0.15) is 0 Å². The zero-order valence-corrected chi connectivity index (χ0v) is 25.1. The summed E-state index contributed by atoms with van der Waals surface area (Å²) in [6.07, 6.45) is 11.4. The van der Waals surface area contributed by atoms with Gasteiger partial charge in [0.25, 0.3) is 0 Å². The summed E-state index contributed by atoms with van der Waals surface area (Å²) in [6.45, 7) is 4.05. The van der Waals surface area contributed by atoms with E-state index in [1.807, 2.05) is 13.8 Å². The molecule has 2 aromatic rings. The summed E-state index contributed by atoms with van der Waals surface area (Å²) in [5.41, 5.74) is 3.90. The van der Waals surface area contributed by atoms with Gasteiger partial charge in [-0.25, -0.2) is 20.0 Å². The summed E-state index contributed by atoms with van der Waals surface area (Å²) in [6, 6.07) is 0. The van der Waals surface area contributed by atoms with Crippen LogP contribution in [0.25, 0.3) is 11.1 Å². The van der Waals surface area contributed by atoms with Gasteiger partial charge in [-0.3, -0.25) is 19.2 Å². The molecule has 8 rings (SSSR count). The molecule has 0 spiro atoms. The lowest BCUT2D eigenvalue weighted by Crippen LogP contribution is -2.21. The van der Waals surface area contributed by atoms with Crippen molar-refractivity contribution in [1.82, 2.24) is 9.97 Å². The van der Waals surface area contributed by atoms with E-state index in [-0.39, 0.29) is 70.1 Å². The Balaban J connectivity index is 1.13. The average molecular weight is 599 g/mol. The second-order valence-electron chi connectivity index (χ2n) is 12.5. The van der Waals surface area contributed by atoms with Crippen LogP contribution in [-0.4, -0.2) is 44.5 Å². The fraction of sp³-hybridized carbons (Fsp3) is 0.500. The maximum atomic E-state index is 13.1. The van der Waals surface area contributed by atoms with Gasteiger partial charge < -0.3 is 0 Å². The number of aromatic nitrogens is 2. The Morgan fingerprint density at radius 2 is 0.929 bits per heavy atom. The highest BCUT2D eigenvalue weighted by molar-refractivity contribution is 7.16. The highest BCUT2D eigenvalue weighted by Crippen LogP contribution is 2.54. The third kappa shape index (κ3) is 3.83. The molecule has 0 aliphatic heterocycles. The fourth-order valence-corrected chi connectivity index (χ4v) is 10.3. The van der Waals surface area contributed by atoms with Crippen molar-refractivity contribution in [2.45, 2.75) is 77.0 Å². The minimum absolute atomic E-state index is 0.0128. The molecule has 2 heterocycles. The Morgan fingerprint density at radius 3 is 1.26 bits per heavy atom. The zero-order chi connectivity index (χ0) is 28.9. The lowest BCUT2D eigenvalue weighted by molar-refractivity contribution is -0.120. The number of thiazole rings is 2. The maximum Gasteiger partial charge on any atom is 0.210 e. The standard InChI is InChI=1S/C32H30N4O4S2/c1-13-11-19-20(29-21(13)33-31(41-29)35-23-25(37)15-7-3-4-8-16(15)26(23)38)12-14(2)22-30(19)42-32(34-22)36-24-27(39)17-9-5-6-10-18(17)28(24)40/h11-12,15-20H,3-10H2,1-2H3. The second-order valence-corrected chi connectivity index (χ2v) is 14.6. The molecule has 0 N–H and O–H groups in total. The zero-order valence-electron chi connectivity index (χ0n) is 23.5. The molecule has 42 heavy (non-hydrogen) atoms. The predicted octanol–water partition coefficient (Wildman–Crippen LogP) is 6.36. The van der Waals surface area contributed by atoms with Crippen LogP contribution in [0.4, 0.5) is 10.3 Å². The van der Waals surface area contributed by atoms with Gasteiger partial charge >= 0.3 is 0 Å². The molecule has 0 saturated heterocycles. The van der Waals surface area contributed by atoms with E-state index in [9.17, 15) is 19.2 Å². The fourth-order valence-electron chi connectivity index (χ4n) is 8.01.